The van der Waals surface area contributed by atoms with Gasteiger partial charge in [0.15, 0.2) is 0 Å². The lowest BCUT2D eigenvalue weighted by molar-refractivity contribution is 0.1000. The summed E-state index contributed by atoms with van der Waals surface area (Å²) in [5.74, 6) is 0.514. The monoisotopic (exact) mass is 320 g/mol. The van der Waals surface area contributed by atoms with Gasteiger partial charge >= 0.3 is 0 Å². The molecule has 0 unspecified atom stereocenters. The summed E-state index contributed by atoms with van der Waals surface area (Å²) < 4.78 is 6.70. The van der Waals surface area contributed by atoms with E-state index < -0.39 is 5.91 Å². The van der Waals surface area contributed by atoms with Crippen molar-refractivity contribution in [2.75, 3.05) is 0 Å². The first-order chi connectivity index (χ1) is 8.97. The van der Waals surface area contributed by atoms with Crippen LogP contribution in [0.3, 0.4) is 0 Å². The van der Waals surface area contributed by atoms with Crippen LogP contribution < -0.4 is 10.5 Å². The molecule has 2 N–H and O–H groups in total. The molecule has 0 spiro atoms. The van der Waals surface area contributed by atoms with Gasteiger partial charge in [-0.1, -0.05) is 15.9 Å². The molecule has 5 heteroatoms. The Morgan fingerprint density at radius 2 is 1.89 bits per heavy atom. The first kappa shape index (κ1) is 13.5. The topological polar surface area (TPSA) is 65.2 Å². The van der Waals surface area contributed by atoms with Gasteiger partial charge in [-0.15, -0.1) is 0 Å². The molecule has 1 amide bonds. The molecule has 0 aliphatic carbocycles. The molecule has 1 aromatic carbocycles. The van der Waals surface area contributed by atoms with Gasteiger partial charge in [-0.3, -0.25) is 4.79 Å². The second-order valence-corrected chi connectivity index (χ2v) is 5.01. The van der Waals surface area contributed by atoms with E-state index in [1.807, 2.05) is 26.0 Å². The van der Waals surface area contributed by atoms with Crippen LogP contribution in [0.15, 0.2) is 34.9 Å². The van der Waals surface area contributed by atoms with Crippen molar-refractivity contribution >= 4 is 21.8 Å². The van der Waals surface area contributed by atoms with Crippen molar-refractivity contribution in [2.24, 2.45) is 5.73 Å². The molecule has 2 aromatic rings. The normalized spacial score (nSPS) is 10.3. The quantitative estimate of drug-likeness (QED) is 0.943. The highest BCUT2D eigenvalue weighted by Crippen LogP contribution is 2.28. The van der Waals surface area contributed by atoms with Gasteiger partial charge in [0.2, 0.25) is 11.8 Å². The van der Waals surface area contributed by atoms with Crippen LogP contribution in [0.2, 0.25) is 0 Å². The molecule has 0 bridgehead atoms. The fourth-order valence-electron chi connectivity index (χ4n) is 1.70. The summed E-state index contributed by atoms with van der Waals surface area (Å²) in [5.41, 5.74) is 7.73. The molecule has 2 rings (SSSR count). The molecule has 1 aromatic heterocycles. The zero-order valence-electron chi connectivity index (χ0n) is 10.6. The number of aromatic nitrogens is 1. The number of carbonyl (C=O) groups is 1. The predicted octanol–water partition coefficient (Wildman–Crippen LogP) is 3.35. The molecule has 0 saturated carbocycles. The third-order valence-corrected chi connectivity index (χ3v) is 3.90. The molecular formula is C14H13BrN2O2. The van der Waals surface area contributed by atoms with Crippen molar-refractivity contribution in [1.82, 2.24) is 4.98 Å². The van der Waals surface area contributed by atoms with Gasteiger partial charge in [0.05, 0.1) is 0 Å². The third kappa shape index (κ3) is 3.12. The fourth-order valence-corrected chi connectivity index (χ4v) is 1.93. The Balaban J connectivity index is 2.31. The molecule has 0 atom stereocenters. The summed E-state index contributed by atoms with van der Waals surface area (Å²) in [7, 11) is 0. The first-order valence-electron chi connectivity index (χ1n) is 5.68. The Hall–Kier alpha value is -1.88. The van der Waals surface area contributed by atoms with Crippen molar-refractivity contribution in [3.63, 3.8) is 0 Å². The highest BCUT2D eigenvalue weighted by atomic mass is 79.9. The Morgan fingerprint density at radius 3 is 2.47 bits per heavy atom. The molecular weight excluding hydrogens is 308 g/mol. The average molecular weight is 321 g/mol. The van der Waals surface area contributed by atoms with E-state index in [1.54, 1.807) is 6.07 Å². The van der Waals surface area contributed by atoms with Crippen LogP contribution in [0.4, 0.5) is 0 Å². The van der Waals surface area contributed by atoms with E-state index in [0.717, 1.165) is 15.6 Å². The molecule has 0 radical (unpaired) electrons. The SMILES string of the molecule is Cc1cc(Oc2cc(C(N)=O)ccn2)cc(C)c1Br. The van der Waals surface area contributed by atoms with Crippen LogP contribution >= 0.6 is 15.9 Å². The van der Waals surface area contributed by atoms with E-state index in [9.17, 15) is 4.79 Å². The van der Waals surface area contributed by atoms with E-state index in [0.29, 0.717) is 17.2 Å². The van der Waals surface area contributed by atoms with E-state index >= 15 is 0 Å². The summed E-state index contributed by atoms with van der Waals surface area (Å²) >= 11 is 3.50. The molecule has 0 fully saturated rings. The van der Waals surface area contributed by atoms with Crippen LogP contribution in [-0.2, 0) is 0 Å². The number of rotatable bonds is 3. The maximum Gasteiger partial charge on any atom is 0.248 e. The van der Waals surface area contributed by atoms with Crippen molar-refractivity contribution < 1.29 is 9.53 Å². The summed E-state index contributed by atoms with van der Waals surface area (Å²) in [6.07, 6.45) is 1.49. The van der Waals surface area contributed by atoms with Crippen LogP contribution in [0.25, 0.3) is 0 Å². The number of halogens is 1. The van der Waals surface area contributed by atoms with Crippen molar-refractivity contribution in [2.45, 2.75) is 13.8 Å². The third-order valence-electron chi connectivity index (χ3n) is 2.65. The number of primary amides is 1. The zero-order valence-corrected chi connectivity index (χ0v) is 12.2. The zero-order chi connectivity index (χ0) is 14.0. The molecule has 0 aliphatic heterocycles. The van der Waals surface area contributed by atoms with Crippen molar-refractivity contribution in [3.05, 3.63) is 51.6 Å². The number of benzene rings is 1. The van der Waals surface area contributed by atoms with Crippen molar-refractivity contribution in [1.29, 1.82) is 0 Å². The first-order valence-corrected chi connectivity index (χ1v) is 6.47. The highest BCUT2D eigenvalue weighted by molar-refractivity contribution is 9.10. The fraction of sp³-hybridized carbons (Fsp3) is 0.143. The maximum absolute atomic E-state index is 11.1. The number of amides is 1. The number of carbonyl (C=O) groups excluding carboxylic acids is 1. The second kappa shape index (κ2) is 5.40. The minimum atomic E-state index is -0.504. The highest BCUT2D eigenvalue weighted by Gasteiger charge is 2.07. The largest absolute Gasteiger partial charge is 0.439 e. The van der Waals surface area contributed by atoms with Gasteiger partial charge in [0.1, 0.15) is 5.75 Å². The van der Waals surface area contributed by atoms with E-state index in [4.69, 9.17) is 10.5 Å². The number of pyridine rings is 1. The second-order valence-electron chi connectivity index (χ2n) is 4.22. The summed E-state index contributed by atoms with van der Waals surface area (Å²) in [6, 6.07) is 6.87. The number of hydrogen-bond donors (Lipinski definition) is 1. The molecule has 0 saturated heterocycles. The van der Waals surface area contributed by atoms with Gasteiger partial charge in [-0.05, 0) is 43.2 Å². The number of ether oxygens (including phenoxy) is 1. The van der Waals surface area contributed by atoms with Gasteiger partial charge in [-0.2, -0.15) is 0 Å². The molecule has 0 aliphatic rings. The summed E-state index contributed by atoms with van der Waals surface area (Å²) in [6.45, 7) is 3.97. The minimum absolute atomic E-state index is 0.345. The lowest BCUT2D eigenvalue weighted by Gasteiger charge is -2.09. The Morgan fingerprint density at radius 1 is 1.26 bits per heavy atom. The van der Waals surface area contributed by atoms with Crippen LogP contribution in [0.1, 0.15) is 21.5 Å². The van der Waals surface area contributed by atoms with Gasteiger partial charge in [-0.25, -0.2) is 4.98 Å². The van der Waals surface area contributed by atoms with Gasteiger partial charge in [0, 0.05) is 22.3 Å². The standard InChI is InChI=1S/C14H13BrN2O2/c1-8-5-11(6-9(2)13(8)15)19-12-7-10(14(16)18)3-4-17-12/h3-7H,1-2H3,(H2,16,18). The molecule has 1 heterocycles. The molecule has 98 valence electrons. The van der Waals surface area contributed by atoms with Crippen molar-refractivity contribution in [3.8, 4) is 11.6 Å². The number of aryl methyl sites for hydroxylation is 2. The minimum Gasteiger partial charge on any atom is -0.439 e. The lowest BCUT2D eigenvalue weighted by atomic mass is 10.1. The molecule has 4 nitrogen and oxygen atoms in total. The van der Waals surface area contributed by atoms with E-state index in [-0.39, 0.29) is 0 Å². The molecule has 19 heavy (non-hydrogen) atoms. The van der Waals surface area contributed by atoms with Crippen LogP contribution in [0, 0.1) is 13.8 Å². The number of nitrogens with two attached hydrogens (primary N) is 1. The van der Waals surface area contributed by atoms with Crippen LogP contribution in [-0.4, -0.2) is 10.9 Å². The Kier molecular flexibility index (Phi) is 3.85. The average Bonchev–Trinajstić information content (AvgIpc) is 2.36. The maximum atomic E-state index is 11.1. The summed E-state index contributed by atoms with van der Waals surface area (Å²) in [4.78, 5) is 15.1. The Labute approximate surface area is 119 Å². The van der Waals surface area contributed by atoms with E-state index in [1.165, 1.54) is 12.3 Å². The lowest BCUT2D eigenvalue weighted by Crippen LogP contribution is -2.10. The van der Waals surface area contributed by atoms with E-state index in [2.05, 4.69) is 20.9 Å². The van der Waals surface area contributed by atoms with Gasteiger partial charge in [0.25, 0.3) is 0 Å². The Bertz CT molecular complexity index is 618. The number of hydrogen-bond acceptors (Lipinski definition) is 3. The predicted molar refractivity (Wildman–Crippen MR) is 76.4 cm³/mol. The number of nitrogens with zero attached hydrogens (tertiary/aromatic N) is 1. The summed E-state index contributed by atoms with van der Waals surface area (Å²) in [5, 5.41) is 0. The van der Waals surface area contributed by atoms with Gasteiger partial charge < -0.3 is 10.5 Å². The smallest absolute Gasteiger partial charge is 0.248 e. The van der Waals surface area contributed by atoms with Crippen LogP contribution in [0.5, 0.6) is 11.6 Å².